The zero-order valence-electron chi connectivity index (χ0n) is 11.9. The number of ether oxygens (including phenoxy) is 2. The van der Waals surface area contributed by atoms with Gasteiger partial charge in [0.1, 0.15) is 12.4 Å². The lowest BCUT2D eigenvalue weighted by Gasteiger charge is -2.18. The second-order valence-electron chi connectivity index (χ2n) is 4.98. The van der Waals surface area contributed by atoms with E-state index in [2.05, 4.69) is 5.32 Å². The first-order chi connectivity index (χ1) is 10.1. The molecule has 2 N–H and O–H groups in total. The predicted molar refractivity (Wildman–Crippen MR) is 75.4 cm³/mol. The molecule has 1 aromatic rings. The molecule has 0 atom stereocenters. The highest BCUT2D eigenvalue weighted by Gasteiger charge is 2.52. The van der Waals surface area contributed by atoms with Gasteiger partial charge in [-0.25, -0.2) is 4.79 Å². The maximum absolute atomic E-state index is 12.4. The Hall–Kier alpha value is -2.08. The maximum Gasteiger partial charge on any atom is 0.329 e. The fourth-order valence-electron chi connectivity index (χ4n) is 2.35. The van der Waals surface area contributed by atoms with Crippen molar-refractivity contribution in [3.63, 3.8) is 0 Å². The highest BCUT2D eigenvalue weighted by molar-refractivity contribution is 5.92. The van der Waals surface area contributed by atoms with Crippen molar-refractivity contribution in [1.29, 1.82) is 0 Å². The van der Waals surface area contributed by atoms with Gasteiger partial charge in [0, 0.05) is 12.1 Å². The second kappa shape index (κ2) is 6.58. The van der Waals surface area contributed by atoms with Gasteiger partial charge in [0.15, 0.2) is 0 Å². The van der Waals surface area contributed by atoms with E-state index in [1.54, 1.807) is 7.11 Å². The zero-order valence-corrected chi connectivity index (χ0v) is 11.9. The molecule has 1 fully saturated rings. The predicted octanol–water partition coefficient (Wildman–Crippen LogP) is 0.944. The first kappa shape index (κ1) is 15.3. The van der Waals surface area contributed by atoms with Crippen molar-refractivity contribution in [3.05, 3.63) is 29.8 Å². The monoisotopic (exact) mass is 293 g/mol. The fourth-order valence-corrected chi connectivity index (χ4v) is 2.35. The average Bonchev–Trinajstić information content (AvgIpc) is 3.28. The highest BCUT2D eigenvalue weighted by atomic mass is 16.5. The Morgan fingerprint density at radius 3 is 2.67 bits per heavy atom. The van der Waals surface area contributed by atoms with Crippen LogP contribution in [0.3, 0.4) is 0 Å². The number of carboxylic acid groups (broad SMARTS) is 1. The summed E-state index contributed by atoms with van der Waals surface area (Å²) in [6.07, 6.45) is 1.57. The van der Waals surface area contributed by atoms with E-state index in [1.165, 1.54) is 0 Å². The van der Waals surface area contributed by atoms with Crippen LogP contribution in [0.25, 0.3) is 0 Å². The number of carboxylic acids is 1. The van der Waals surface area contributed by atoms with Gasteiger partial charge in [0.2, 0.25) is 5.91 Å². The quantitative estimate of drug-likeness (QED) is 0.697. The van der Waals surface area contributed by atoms with E-state index in [1.807, 2.05) is 24.3 Å². The Morgan fingerprint density at radius 1 is 1.33 bits per heavy atom. The molecule has 0 aliphatic heterocycles. The average molecular weight is 293 g/mol. The van der Waals surface area contributed by atoms with E-state index < -0.39 is 11.4 Å². The first-order valence-electron chi connectivity index (χ1n) is 6.81. The topological polar surface area (TPSA) is 84.9 Å². The molecule has 6 heteroatoms. The van der Waals surface area contributed by atoms with Gasteiger partial charge < -0.3 is 19.9 Å². The molecule has 1 amide bonds. The van der Waals surface area contributed by atoms with Crippen LogP contribution >= 0.6 is 0 Å². The summed E-state index contributed by atoms with van der Waals surface area (Å²) in [7, 11) is 1.59. The highest BCUT2D eigenvalue weighted by Crippen LogP contribution is 2.51. The standard InChI is InChI=1S/C15H19NO5/c1-20-12-5-3-2-4-11(12)15(6-7-15)14(19)16-8-9-21-10-13(17)18/h2-5H,6-10H2,1H3,(H,16,19)(H,17,18). The Balaban J connectivity index is 1.91. The van der Waals surface area contributed by atoms with Gasteiger partial charge >= 0.3 is 5.97 Å². The molecule has 21 heavy (non-hydrogen) atoms. The van der Waals surface area contributed by atoms with Crippen molar-refractivity contribution < 1.29 is 24.2 Å². The van der Waals surface area contributed by atoms with Crippen LogP contribution in [-0.2, 0) is 19.7 Å². The smallest absolute Gasteiger partial charge is 0.329 e. The number of amides is 1. The maximum atomic E-state index is 12.4. The Labute approximate surface area is 123 Å². The molecule has 0 bridgehead atoms. The minimum absolute atomic E-state index is 0.0640. The Kier molecular flexibility index (Phi) is 4.80. The number of methoxy groups -OCH3 is 1. The third-order valence-electron chi connectivity index (χ3n) is 3.56. The number of hydrogen-bond acceptors (Lipinski definition) is 4. The Bertz CT molecular complexity index is 525. The van der Waals surface area contributed by atoms with Gasteiger partial charge in [-0.15, -0.1) is 0 Å². The van der Waals surface area contributed by atoms with Crippen molar-refractivity contribution >= 4 is 11.9 Å². The van der Waals surface area contributed by atoms with Crippen LogP contribution in [0.1, 0.15) is 18.4 Å². The molecular formula is C15H19NO5. The van der Waals surface area contributed by atoms with Crippen LogP contribution in [-0.4, -0.2) is 43.9 Å². The number of benzene rings is 1. The molecule has 6 nitrogen and oxygen atoms in total. The van der Waals surface area contributed by atoms with Crippen LogP contribution in [0.5, 0.6) is 5.75 Å². The minimum Gasteiger partial charge on any atom is -0.496 e. The SMILES string of the molecule is COc1ccccc1C1(C(=O)NCCOCC(=O)O)CC1. The summed E-state index contributed by atoms with van der Waals surface area (Å²) in [6, 6.07) is 7.52. The molecule has 1 aliphatic rings. The lowest BCUT2D eigenvalue weighted by atomic mass is 9.94. The Morgan fingerprint density at radius 2 is 2.05 bits per heavy atom. The lowest BCUT2D eigenvalue weighted by Crippen LogP contribution is -2.37. The number of aliphatic carboxylic acids is 1. The van der Waals surface area contributed by atoms with Gasteiger partial charge in [-0.2, -0.15) is 0 Å². The van der Waals surface area contributed by atoms with Crippen LogP contribution in [0.2, 0.25) is 0 Å². The summed E-state index contributed by atoms with van der Waals surface area (Å²) in [6.45, 7) is 0.122. The van der Waals surface area contributed by atoms with E-state index in [0.717, 1.165) is 18.4 Å². The number of nitrogens with one attached hydrogen (secondary N) is 1. The molecule has 0 spiro atoms. The van der Waals surface area contributed by atoms with Gasteiger partial charge in [-0.1, -0.05) is 18.2 Å². The summed E-state index contributed by atoms with van der Waals surface area (Å²) >= 11 is 0. The van der Waals surface area contributed by atoms with Crippen molar-refractivity contribution in [2.45, 2.75) is 18.3 Å². The van der Waals surface area contributed by atoms with Crippen LogP contribution in [0, 0.1) is 0 Å². The normalized spacial score (nSPS) is 15.3. The summed E-state index contributed by atoms with van der Waals surface area (Å²) in [4.78, 5) is 22.6. The van der Waals surface area contributed by atoms with Crippen molar-refractivity contribution in [2.24, 2.45) is 0 Å². The van der Waals surface area contributed by atoms with E-state index in [0.29, 0.717) is 12.3 Å². The molecule has 0 saturated heterocycles. The molecule has 2 rings (SSSR count). The lowest BCUT2D eigenvalue weighted by molar-refractivity contribution is -0.142. The van der Waals surface area contributed by atoms with E-state index in [-0.39, 0.29) is 19.1 Å². The molecule has 0 heterocycles. The molecule has 0 unspecified atom stereocenters. The molecule has 114 valence electrons. The number of hydrogen-bond donors (Lipinski definition) is 2. The van der Waals surface area contributed by atoms with Gasteiger partial charge in [-0.05, 0) is 18.9 Å². The van der Waals surface area contributed by atoms with Crippen molar-refractivity contribution in [3.8, 4) is 5.75 Å². The molecule has 1 saturated carbocycles. The third-order valence-corrected chi connectivity index (χ3v) is 3.56. The summed E-state index contributed by atoms with van der Waals surface area (Å²) in [5.41, 5.74) is 0.385. The third kappa shape index (κ3) is 3.52. The fraction of sp³-hybridized carbons (Fsp3) is 0.467. The largest absolute Gasteiger partial charge is 0.496 e. The van der Waals surface area contributed by atoms with Crippen molar-refractivity contribution in [1.82, 2.24) is 5.32 Å². The van der Waals surface area contributed by atoms with E-state index in [4.69, 9.17) is 14.6 Å². The molecule has 0 aromatic heterocycles. The molecule has 1 aromatic carbocycles. The van der Waals surface area contributed by atoms with Gasteiger partial charge in [0.05, 0.1) is 19.1 Å². The minimum atomic E-state index is -1.02. The van der Waals surface area contributed by atoms with E-state index in [9.17, 15) is 9.59 Å². The van der Waals surface area contributed by atoms with Crippen LogP contribution in [0.15, 0.2) is 24.3 Å². The van der Waals surface area contributed by atoms with Crippen molar-refractivity contribution in [2.75, 3.05) is 26.9 Å². The second-order valence-corrected chi connectivity index (χ2v) is 4.98. The number of carbonyl (C=O) groups is 2. The van der Waals surface area contributed by atoms with Crippen LogP contribution < -0.4 is 10.1 Å². The first-order valence-corrected chi connectivity index (χ1v) is 6.81. The zero-order chi connectivity index (χ0) is 15.3. The van der Waals surface area contributed by atoms with E-state index >= 15 is 0 Å². The molecule has 0 radical (unpaired) electrons. The number of carbonyl (C=O) groups excluding carboxylic acids is 1. The van der Waals surface area contributed by atoms with Gasteiger partial charge in [-0.3, -0.25) is 4.79 Å². The molecule has 1 aliphatic carbocycles. The molecular weight excluding hydrogens is 274 g/mol. The summed E-state index contributed by atoms with van der Waals surface area (Å²) in [5, 5.41) is 11.2. The van der Waals surface area contributed by atoms with Gasteiger partial charge in [0.25, 0.3) is 0 Å². The number of para-hydroxylation sites is 1. The summed E-state index contributed by atoms with van der Waals surface area (Å²) < 4.78 is 10.2. The number of rotatable bonds is 8. The summed E-state index contributed by atoms with van der Waals surface area (Å²) in [5.74, 6) is -0.368. The van der Waals surface area contributed by atoms with Crippen LogP contribution in [0.4, 0.5) is 0 Å².